The molecule has 0 aliphatic rings. The normalized spacial score (nSPS) is 10.5. The molecule has 0 radical (unpaired) electrons. The zero-order valence-electron chi connectivity index (χ0n) is 12.8. The summed E-state index contributed by atoms with van der Waals surface area (Å²) >= 11 is 0. The van der Waals surface area contributed by atoms with E-state index in [1.54, 1.807) is 25.2 Å². The zero-order chi connectivity index (χ0) is 15.9. The first-order valence-corrected chi connectivity index (χ1v) is 7.00. The third kappa shape index (κ3) is 4.21. The second-order valence-electron chi connectivity index (χ2n) is 4.86. The maximum Gasteiger partial charge on any atom is 0.225 e. The first kappa shape index (κ1) is 15.8. The summed E-state index contributed by atoms with van der Waals surface area (Å²) < 4.78 is 12.2. The molecule has 7 nitrogen and oxygen atoms in total. The fraction of sp³-hybridized carbons (Fsp3) is 0.400. The number of aryl methyl sites for hydroxylation is 2. The highest BCUT2D eigenvalue weighted by Crippen LogP contribution is 2.27. The van der Waals surface area contributed by atoms with E-state index in [4.69, 9.17) is 15.2 Å². The number of aromatic nitrogens is 3. The molecule has 0 aliphatic heterocycles. The van der Waals surface area contributed by atoms with Gasteiger partial charge in [-0.15, -0.1) is 0 Å². The van der Waals surface area contributed by atoms with Crippen molar-refractivity contribution in [3.05, 3.63) is 35.9 Å². The van der Waals surface area contributed by atoms with Crippen molar-refractivity contribution in [1.29, 1.82) is 0 Å². The smallest absolute Gasteiger partial charge is 0.225 e. The summed E-state index contributed by atoms with van der Waals surface area (Å²) in [5.41, 5.74) is 6.27. The van der Waals surface area contributed by atoms with Crippen LogP contribution >= 0.6 is 0 Å². The van der Waals surface area contributed by atoms with E-state index in [1.165, 1.54) is 0 Å². The number of nitrogens with zero attached hydrogens (tertiary/aromatic N) is 3. The van der Waals surface area contributed by atoms with Crippen LogP contribution in [0.2, 0.25) is 0 Å². The van der Waals surface area contributed by atoms with E-state index in [0.717, 1.165) is 36.4 Å². The highest BCUT2D eigenvalue weighted by atomic mass is 16.5. The fourth-order valence-corrected chi connectivity index (χ4v) is 2.16. The van der Waals surface area contributed by atoms with Crippen molar-refractivity contribution < 1.29 is 14.3 Å². The van der Waals surface area contributed by atoms with Crippen LogP contribution in [0.25, 0.3) is 0 Å². The van der Waals surface area contributed by atoms with Crippen LogP contribution in [0.5, 0.6) is 11.5 Å². The molecule has 0 unspecified atom stereocenters. The lowest BCUT2D eigenvalue weighted by Crippen LogP contribution is -2.15. The number of hydrogen-bond donors (Lipinski definition) is 1. The third-order valence-electron chi connectivity index (χ3n) is 3.22. The topological polar surface area (TPSA) is 92.3 Å². The van der Waals surface area contributed by atoms with Crippen LogP contribution in [-0.4, -0.2) is 34.9 Å². The molecular weight excluding hydrogens is 284 g/mol. The number of rotatable bonds is 8. The monoisotopic (exact) mass is 304 g/mol. The molecule has 0 saturated carbocycles. The maximum absolute atomic E-state index is 10.8. The number of benzene rings is 1. The first-order valence-electron chi connectivity index (χ1n) is 7.00. The van der Waals surface area contributed by atoms with Gasteiger partial charge in [-0.2, -0.15) is 5.10 Å². The SMILES string of the molecule is COc1ccc(CCCn2cnc(CC(N)=O)n2)cc1OC. The van der Waals surface area contributed by atoms with Crippen LogP contribution in [0, 0.1) is 0 Å². The average Bonchev–Trinajstić information content (AvgIpc) is 2.93. The molecule has 0 spiro atoms. The number of carbonyl (C=O) groups is 1. The van der Waals surface area contributed by atoms with Gasteiger partial charge in [-0.25, -0.2) is 4.98 Å². The summed E-state index contributed by atoms with van der Waals surface area (Å²) in [6.07, 6.45) is 3.47. The quantitative estimate of drug-likeness (QED) is 0.784. The van der Waals surface area contributed by atoms with Gasteiger partial charge in [-0.1, -0.05) is 6.07 Å². The van der Waals surface area contributed by atoms with E-state index in [1.807, 2.05) is 18.2 Å². The summed E-state index contributed by atoms with van der Waals surface area (Å²) in [5, 5.41) is 4.20. The average molecular weight is 304 g/mol. The van der Waals surface area contributed by atoms with Crippen LogP contribution in [0.4, 0.5) is 0 Å². The Labute approximate surface area is 129 Å². The largest absolute Gasteiger partial charge is 0.493 e. The molecule has 2 rings (SSSR count). The van der Waals surface area contributed by atoms with Gasteiger partial charge in [-0.3, -0.25) is 9.48 Å². The highest BCUT2D eigenvalue weighted by Gasteiger charge is 2.06. The molecule has 0 fully saturated rings. The van der Waals surface area contributed by atoms with E-state index in [-0.39, 0.29) is 6.42 Å². The molecule has 0 atom stereocenters. The van der Waals surface area contributed by atoms with Gasteiger partial charge in [-0.05, 0) is 30.5 Å². The van der Waals surface area contributed by atoms with Crippen LogP contribution in [0.1, 0.15) is 17.8 Å². The van der Waals surface area contributed by atoms with E-state index < -0.39 is 5.91 Å². The molecule has 1 heterocycles. The van der Waals surface area contributed by atoms with Gasteiger partial charge in [0.15, 0.2) is 17.3 Å². The van der Waals surface area contributed by atoms with Crippen molar-refractivity contribution >= 4 is 5.91 Å². The van der Waals surface area contributed by atoms with Crippen LogP contribution in [0.3, 0.4) is 0 Å². The van der Waals surface area contributed by atoms with Crippen LogP contribution in [0.15, 0.2) is 24.5 Å². The molecule has 0 bridgehead atoms. The lowest BCUT2D eigenvalue weighted by molar-refractivity contribution is -0.117. The molecule has 2 aromatic rings. The lowest BCUT2D eigenvalue weighted by Gasteiger charge is -2.09. The first-order chi connectivity index (χ1) is 10.6. The standard InChI is InChI=1S/C15H20N4O3/c1-21-12-6-5-11(8-13(12)22-2)4-3-7-19-10-17-15(18-19)9-14(16)20/h5-6,8,10H,3-4,7,9H2,1-2H3,(H2,16,20). The zero-order valence-corrected chi connectivity index (χ0v) is 12.8. The van der Waals surface area contributed by atoms with Crippen LogP contribution in [-0.2, 0) is 24.2 Å². The molecule has 0 aliphatic carbocycles. The van der Waals surface area contributed by atoms with E-state index >= 15 is 0 Å². The van der Waals surface area contributed by atoms with E-state index in [0.29, 0.717) is 5.82 Å². The Morgan fingerprint density at radius 1 is 1.27 bits per heavy atom. The maximum atomic E-state index is 10.8. The van der Waals surface area contributed by atoms with Crippen molar-refractivity contribution in [2.75, 3.05) is 14.2 Å². The second-order valence-corrected chi connectivity index (χ2v) is 4.86. The Hall–Kier alpha value is -2.57. The lowest BCUT2D eigenvalue weighted by atomic mass is 10.1. The fourth-order valence-electron chi connectivity index (χ4n) is 2.16. The number of amides is 1. The number of primary amides is 1. The van der Waals surface area contributed by atoms with E-state index in [9.17, 15) is 4.79 Å². The van der Waals surface area contributed by atoms with Gasteiger partial charge in [0.1, 0.15) is 6.33 Å². The van der Waals surface area contributed by atoms with Gasteiger partial charge in [0.25, 0.3) is 0 Å². The summed E-state index contributed by atoms with van der Waals surface area (Å²) in [7, 11) is 3.24. The van der Waals surface area contributed by atoms with Crippen molar-refractivity contribution in [3.63, 3.8) is 0 Å². The summed E-state index contributed by atoms with van der Waals surface area (Å²) in [5.74, 6) is 1.48. The molecule has 22 heavy (non-hydrogen) atoms. The third-order valence-corrected chi connectivity index (χ3v) is 3.22. The number of hydrogen-bond acceptors (Lipinski definition) is 5. The van der Waals surface area contributed by atoms with Crippen molar-refractivity contribution in [2.24, 2.45) is 5.73 Å². The van der Waals surface area contributed by atoms with Gasteiger partial charge >= 0.3 is 0 Å². The number of ether oxygens (including phenoxy) is 2. The molecule has 118 valence electrons. The van der Waals surface area contributed by atoms with Crippen molar-refractivity contribution in [2.45, 2.75) is 25.8 Å². The number of carbonyl (C=O) groups excluding carboxylic acids is 1. The minimum Gasteiger partial charge on any atom is -0.493 e. The molecule has 1 amide bonds. The minimum absolute atomic E-state index is 0.0721. The van der Waals surface area contributed by atoms with E-state index in [2.05, 4.69) is 10.1 Å². The summed E-state index contributed by atoms with van der Waals surface area (Å²) in [6, 6.07) is 5.88. The predicted octanol–water partition coefficient (Wildman–Crippen LogP) is 0.956. The van der Waals surface area contributed by atoms with Crippen molar-refractivity contribution in [1.82, 2.24) is 14.8 Å². The molecular formula is C15H20N4O3. The molecule has 1 aromatic carbocycles. The molecule has 2 N–H and O–H groups in total. The predicted molar refractivity (Wildman–Crippen MR) is 80.8 cm³/mol. The van der Waals surface area contributed by atoms with Gasteiger partial charge in [0.2, 0.25) is 5.91 Å². The van der Waals surface area contributed by atoms with Gasteiger partial charge in [0.05, 0.1) is 20.6 Å². The summed E-state index contributed by atoms with van der Waals surface area (Å²) in [4.78, 5) is 14.8. The Balaban J connectivity index is 1.88. The Morgan fingerprint density at radius 2 is 2.05 bits per heavy atom. The highest BCUT2D eigenvalue weighted by molar-refractivity contribution is 5.75. The van der Waals surface area contributed by atoms with Gasteiger partial charge in [0, 0.05) is 6.54 Å². The van der Waals surface area contributed by atoms with Crippen molar-refractivity contribution in [3.8, 4) is 11.5 Å². The summed E-state index contributed by atoms with van der Waals surface area (Å²) in [6.45, 7) is 0.722. The Kier molecular flexibility index (Phi) is 5.35. The number of nitrogens with two attached hydrogens (primary N) is 1. The minimum atomic E-state index is -0.428. The molecule has 0 saturated heterocycles. The van der Waals surface area contributed by atoms with Gasteiger partial charge < -0.3 is 15.2 Å². The Morgan fingerprint density at radius 3 is 2.73 bits per heavy atom. The number of methoxy groups -OCH3 is 2. The molecule has 1 aromatic heterocycles. The van der Waals surface area contributed by atoms with Crippen LogP contribution < -0.4 is 15.2 Å². The second kappa shape index (κ2) is 7.44. The molecule has 7 heteroatoms. The Bertz CT molecular complexity index is 639.